The number of carbonyl (C=O) groups is 1. The second-order valence-corrected chi connectivity index (χ2v) is 7.22. The Bertz CT molecular complexity index is 1040. The third-order valence-electron chi connectivity index (χ3n) is 5.12. The second kappa shape index (κ2) is 8.73. The highest BCUT2D eigenvalue weighted by Gasteiger charge is 2.17. The molecule has 1 saturated heterocycles. The van der Waals surface area contributed by atoms with E-state index in [-0.39, 0.29) is 17.2 Å². The van der Waals surface area contributed by atoms with Crippen molar-refractivity contribution in [3.63, 3.8) is 0 Å². The molecule has 0 unspecified atom stereocenters. The molecule has 148 valence electrons. The summed E-state index contributed by atoms with van der Waals surface area (Å²) in [5, 5.41) is 7.26. The minimum atomic E-state index is -0.323. The van der Waals surface area contributed by atoms with E-state index >= 15 is 0 Å². The van der Waals surface area contributed by atoms with Crippen LogP contribution in [-0.2, 0) is 6.54 Å². The van der Waals surface area contributed by atoms with Crippen molar-refractivity contribution in [1.82, 2.24) is 9.78 Å². The van der Waals surface area contributed by atoms with Crippen molar-refractivity contribution in [2.75, 3.05) is 23.3 Å². The molecule has 0 aliphatic carbocycles. The number of carbonyl (C=O) groups excluding carboxylic acids is 1. The molecule has 6 heteroatoms. The summed E-state index contributed by atoms with van der Waals surface area (Å²) in [6, 6.07) is 20.3. The van der Waals surface area contributed by atoms with E-state index in [4.69, 9.17) is 0 Å². The number of anilines is 2. The van der Waals surface area contributed by atoms with Gasteiger partial charge >= 0.3 is 0 Å². The maximum absolute atomic E-state index is 12.9. The fourth-order valence-corrected chi connectivity index (χ4v) is 3.62. The molecule has 4 rings (SSSR count). The monoisotopic (exact) mass is 388 g/mol. The first-order valence-electron chi connectivity index (χ1n) is 9.98. The predicted molar refractivity (Wildman–Crippen MR) is 115 cm³/mol. The van der Waals surface area contributed by atoms with Crippen molar-refractivity contribution in [2.45, 2.75) is 25.8 Å². The SMILES string of the molecule is O=C(Nc1ccccc1N1CCCCC1)c1ccc(=O)n(Cc2ccccc2)n1. The molecule has 29 heavy (non-hydrogen) atoms. The number of nitrogens with zero attached hydrogens (tertiary/aromatic N) is 3. The number of benzene rings is 2. The molecule has 2 aromatic carbocycles. The lowest BCUT2D eigenvalue weighted by molar-refractivity contribution is 0.102. The Balaban J connectivity index is 1.55. The van der Waals surface area contributed by atoms with Crippen LogP contribution in [0.4, 0.5) is 11.4 Å². The third-order valence-corrected chi connectivity index (χ3v) is 5.12. The summed E-state index contributed by atoms with van der Waals surface area (Å²) in [6.07, 6.45) is 3.57. The van der Waals surface area contributed by atoms with Crippen LogP contribution in [0.15, 0.2) is 71.5 Å². The van der Waals surface area contributed by atoms with E-state index in [1.165, 1.54) is 23.2 Å². The van der Waals surface area contributed by atoms with Crippen LogP contribution in [0.1, 0.15) is 35.3 Å². The summed E-state index contributed by atoms with van der Waals surface area (Å²) in [4.78, 5) is 27.3. The number of rotatable bonds is 5. The molecule has 0 radical (unpaired) electrons. The van der Waals surface area contributed by atoms with Crippen LogP contribution in [0.3, 0.4) is 0 Å². The average Bonchev–Trinajstić information content (AvgIpc) is 2.77. The maximum atomic E-state index is 12.9. The van der Waals surface area contributed by atoms with Gasteiger partial charge < -0.3 is 10.2 Å². The Morgan fingerprint density at radius 1 is 0.897 bits per heavy atom. The average molecular weight is 388 g/mol. The summed E-state index contributed by atoms with van der Waals surface area (Å²) in [5.74, 6) is -0.323. The van der Waals surface area contributed by atoms with Crippen LogP contribution in [0, 0.1) is 0 Å². The Morgan fingerprint density at radius 2 is 1.62 bits per heavy atom. The molecule has 3 aromatic rings. The topological polar surface area (TPSA) is 67.2 Å². The molecule has 2 heterocycles. The first-order valence-corrected chi connectivity index (χ1v) is 9.98. The van der Waals surface area contributed by atoms with E-state index in [9.17, 15) is 9.59 Å². The van der Waals surface area contributed by atoms with Crippen molar-refractivity contribution < 1.29 is 4.79 Å². The quantitative estimate of drug-likeness (QED) is 0.726. The number of piperidine rings is 1. The Labute approximate surface area is 169 Å². The number of aromatic nitrogens is 2. The lowest BCUT2D eigenvalue weighted by atomic mass is 10.1. The molecule has 0 atom stereocenters. The van der Waals surface area contributed by atoms with Gasteiger partial charge in [0, 0.05) is 19.2 Å². The fraction of sp³-hybridized carbons (Fsp3) is 0.261. The van der Waals surface area contributed by atoms with Crippen molar-refractivity contribution >= 4 is 17.3 Å². The lowest BCUT2D eigenvalue weighted by Gasteiger charge is -2.30. The number of amides is 1. The summed E-state index contributed by atoms with van der Waals surface area (Å²) < 4.78 is 1.32. The minimum absolute atomic E-state index is 0.217. The number of hydrogen-bond acceptors (Lipinski definition) is 4. The van der Waals surface area contributed by atoms with Gasteiger partial charge in [0.15, 0.2) is 0 Å². The zero-order valence-electron chi connectivity index (χ0n) is 16.3. The van der Waals surface area contributed by atoms with Crippen molar-refractivity contribution in [3.8, 4) is 0 Å². The Hall–Kier alpha value is -3.41. The largest absolute Gasteiger partial charge is 0.370 e. The zero-order chi connectivity index (χ0) is 20.1. The molecule has 0 bridgehead atoms. The van der Waals surface area contributed by atoms with Crippen LogP contribution >= 0.6 is 0 Å². The molecule has 1 fully saturated rings. The van der Waals surface area contributed by atoms with E-state index in [1.54, 1.807) is 0 Å². The highest BCUT2D eigenvalue weighted by Crippen LogP contribution is 2.28. The van der Waals surface area contributed by atoms with Gasteiger partial charge in [-0.25, -0.2) is 4.68 Å². The molecule has 1 aliphatic rings. The van der Waals surface area contributed by atoms with Gasteiger partial charge in [-0.15, -0.1) is 0 Å². The summed E-state index contributed by atoms with van der Waals surface area (Å²) >= 11 is 0. The molecule has 1 amide bonds. The van der Waals surface area contributed by atoms with Crippen LogP contribution in [0.5, 0.6) is 0 Å². The van der Waals surface area contributed by atoms with E-state index in [0.717, 1.165) is 42.9 Å². The maximum Gasteiger partial charge on any atom is 0.276 e. The predicted octanol–water partition coefficient (Wildman–Crippen LogP) is 3.53. The zero-order valence-corrected chi connectivity index (χ0v) is 16.3. The lowest BCUT2D eigenvalue weighted by Crippen LogP contribution is -2.31. The Morgan fingerprint density at radius 3 is 2.41 bits per heavy atom. The number of nitrogens with one attached hydrogen (secondary N) is 1. The molecular formula is C23H24N4O2. The normalized spacial score (nSPS) is 13.9. The van der Waals surface area contributed by atoms with Gasteiger partial charge in [0.05, 0.1) is 17.9 Å². The van der Waals surface area contributed by atoms with Gasteiger partial charge in [0.25, 0.3) is 11.5 Å². The molecule has 0 saturated carbocycles. The molecular weight excluding hydrogens is 364 g/mol. The van der Waals surface area contributed by atoms with E-state index in [2.05, 4.69) is 15.3 Å². The van der Waals surface area contributed by atoms with Crippen LogP contribution in [0.25, 0.3) is 0 Å². The Kier molecular flexibility index (Phi) is 5.70. The summed E-state index contributed by atoms with van der Waals surface area (Å²) in [5.41, 5.74) is 2.73. The first-order chi connectivity index (χ1) is 14.2. The van der Waals surface area contributed by atoms with Gasteiger partial charge in [-0.05, 0) is 43.0 Å². The van der Waals surface area contributed by atoms with Gasteiger partial charge in [0.2, 0.25) is 0 Å². The van der Waals surface area contributed by atoms with Gasteiger partial charge in [-0.2, -0.15) is 5.10 Å². The second-order valence-electron chi connectivity index (χ2n) is 7.22. The fourth-order valence-electron chi connectivity index (χ4n) is 3.62. The smallest absolute Gasteiger partial charge is 0.276 e. The van der Waals surface area contributed by atoms with E-state index in [0.29, 0.717) is 6.54 Å². The summed E-state index contributed by atoms with van der Waals surface area (Å²) in [6.45, 7) is 2.31. The molecule has 0 spiro atoms. The minimum Gasteiger partial charge on any atom is -0.370 e. The van der Waals surface area contributed by atoms with Crippen LogP contribution < -0.4 is 15.8 Å². The van der Waals surface area contributed by atoms with Gasteiger partial charge in [0.1, 0.15) is 5.69 Å². The summed E-state index contributed by atoms with van der Waals surface area (Å²) in [7, 11) is 0. The molecule has 1 aromatic heterocycles. The van der Waals surface area contributed by atoms with Crippen molar-refractivity contribution in [1.29, 1.82) is 0 Å². The first kappa shape index (κ1) is 18.9. The van der Waals surface area contributed by atoms with Crippen LogP contribution in [-0.4, -0.2) is 28.8 Å². The molecule has 6 nitrogen and oxygen atoms in total. The van der Waals surface area contributed by atoms with Crippen LogP contribution in [0.2, 0.25) is 0 Å². The highest BCUT2D eigenvalue weighted by molar-refractivity contribution is 6.04. The third kappa shape index (κ3) is 4.54. The van der Waals surface area contributed by atoms with E-state index in [1.807, 2.05) is 54.6 Å². The van der Waals surface area contributed by atoms with Gasteiger partial charge in [-0.1, -0.05) is 42.5 Å². The number of para-hydroxylation sites is 2. The van der Waals surface area contributed by atoms with E-state index < -0.39 is 0 Å². The van der Waals surface area contributed by atoms with Gasteiger partial charge in [-0.3, -0.25) is 9.59 Å². The standard InChI is InChI=1S/C23H24N4O2/c28-22-14-13-20(25-27(22)17-18-9-3-1-4-10-18)23(29)24-19-11-5-6-12-21(19)26-15-7-2-8-16-26/h1,3-6,9-14H,2,7-8,15-17H2,(H,24,29). The molecule has 1 N–H and O–H groups in total. The van der Waals surface area contributed by atoms with Crippen molar-refractivity contribution in [2.24, 2.45) is 0 Å². The highest BCUT2D eigenvalue weighted by atomic mass is 16.2. The number of hydrogen-bond donors (Lipinski definition) is 1. The van der Waals surface area contributed by atoms with Crippen molar-refractivity contribution in [3.05, 3.63) is 88.3 Å². The molecule has 1 aliphatic heterocycles.